The predicted molar refractivity (Wildman–Crippen MR) is 77.9 cm³/mol. The van der Waals surface area contributed by atoms with Crippen LogP contribution in [0.5, 0.6) is 0 Å². The van der Waals surface area contributed by atoms with E-state index in [0.717, 1.165) is 22.0 Å². The van der Waals surface area contributed by atoms with Gasteiger partial charge in [0.05, 0.1) is 21.1 Å². The highest BCUT2D eigenvalue weighted by atomic mass is 16.5. The number of hydrogen-bond acceptors (Lipinski definition) is 3. The molecule has 0 saturated carbocycles. The number of rotatable bonds is 3. The van der Waals surface area contributed by atoms with Gasteiger partial charge in [-0.1, -0.05) is 23.4 Å². The molecule has 0 aliphatic carbocycles. The molecule has 0 aliphatic heterocycles. The SMILES string of the molecule is Cn1cc(-c2noc(C[N+](C)(C)C)n2)c2ccccc21. The Morgan fingerprint density at radius 2 is 1.95 bits per heavy atom. The summed E-state index contributed by atoms with van der Waals surface area (Å²) in [4.78, 5) is 4.52. The van der Waals surface area contributed by atoms with E-state index in [-0.39, 0.29) is 0 Å². The number of para-hydroxylation sites is 1. The van der Waals surface area contributed by atoms with Gasteiger partial charge < -0.3 is 13.6 Å². The molecule has 0 unspecified atom stereocenters. The van der Waals surface area contributed by atoms with Crippen molar-refractivity contribution in [2.75, 3.05) is 21.1 Å². The maximum atomic E-state index is 5.37. The van der Waals surface area contributed by atoms with Crippen LogP contribution in [0.3, 0.4) is 0 Å². The Labute approximate surface area is 118 Å². The lowest BCUT2D eigenvalue weighted by Gasteiger charge is -2.20. The zero-order valence-electron chi connectivity index (χ0n) is 12.3. The van der Waals surface area contributed by atoms with Crippen LogP contribution < -0.4 is 0 Å². The Morgan fingerprint density at radius 3 is 2.70 bits per heavy atom. The number of fused-ring (bicyclic) bond motifs is 1. The highest BCUT2D eigenvalue weighted by Crippen LogP contribution is 2.28. The molecule has 0 N–H and O–H groups in total. The van der Waals surface area contributed by atoms with E-state index in [9.17, 15) is 0 Å². The Morgan fingerprint density at radius 1 is 1.20 bits per heavy atom. The Kier molecular flexibility index (Phi) is 2.87. The topological polar surface area (TPSA) is 43.9 Å². The third-order valence-corrected chi connectivity index (χ3v) is 3.22. The van der Waals surface area contributed by atoms with Gasteiger partial charge in [0.15, 0.2) is 6.54 Å². The first-order chi connectivity index (χ1) is 9.44. The van der Waals surface area contributed by atoms with Crippen molar-refractivity contribution >= 4 is 10.9 Å². The zero-order valence-corrected chi connectivity index (χ0v) is 12.3. The van der Waals surface area contributed by atoms with Crippen LogP contribution in [-0.2, 0) is 13.6 Å². The van der Waals surface area contributed by atoms with Crippen LogP contribution in [0, 0.1) is 0 Å². The molecule has 2 heterocycles. The molecule has 20 heavy (non-hydrogen) atoms. The molecule has 0 saturated heterocycles. The monoisotopic (exact) mass is 271 g/mol. The van der Waals surface area contributed by atoms with Crippen LogP contribution in [0.15, 0.2) is 35.0 Å². The number of nitrogens with zero attached hydrogens (tertiary/aromatic N) is 4. The first-order valence-corrected chi connectivity index (χ1v) is 6.61. The summed E-state index contributed by atoms with van der Waals surface area (Å²) in [6, 6.07) is 8.23. The van der Waals surface area contributed by atoms with Gasteiger partial charge in [0, 0.05) is 29.7 Å². The largest absolute Gasteiger partial charge is 0.350 e. The minimum absolute atomic E-state index is 0.658. The van der Waals surface area contributed by atoms with Crippen LogP contribution in [0.25, 0.3) is 22.3 Å². The summed E-state index contributed by atoms with van der Waals surface area (Å²) in [5.74, 6) is 1.32. The molecule has 1 aromatic carbocycles. The van der Waals surface area contributed by atoms with Crippen molar-refractivity contribution in [3.63, 3.8) is 0 Å². The van der Waals surface area contributed by atoms with Crippen LogP contribution in [-0.4, -0.2) is 40.3 Å². The molecule has 0 amide bonds. The van der Waals surface area contributed by atoms with Gasteiger partial charge in [0.2, 0.25) is 5.82 Å². The Balaban J connectivity index is 2.04. The standard InChI is InChI=1S/C15H19N4O/c1-18-9-12(11-7-5-6-8-13(11)18)15-16-14(20-17-15)10-19(2,3)4/h5-9H,10H2,1-4H3/q+1. The average molecular weight is 271 g/mol. The fourth-order valence-electron chi connectivity index (χ4n) is 2.35. The van der Waals surface area contributed by atoms with Gasteiger partial charge in [-0.05, 0) is 6.07 Å². The summed E-state index contributed by atoms with van der Waals surface area (Å²) in [6.07, 6.45) is 2.05. The van der Waals surface area contributed by atoms with Gasteiger partial charge in [0.25, 0.3) is 5.89 Å². The van der Waals surface area contributed by atoms with Gasteiger partial charge >= 0.3 is 0 Å². The molecule has 104 valence electrons. The van der Waals surface area contributed by atoms with Crippen LogP contribution >= 0.6 is 0 Å². The van der Waals surface area contributed by atoms with Crippen molar-refractivity contribution in [2.24, 2.45) is 7.05 Å². The van der Waals surface area contributed by atoms with Crippen molar-refractivity contribution in [1.82, 2.24) is 14.7 Å². The molecule has 5 nitrogen and oxygen atoms in total. The average Bonchev–Trinajstić information content (AvgIpc) is 2.93. The molecule has 0 spiro atoms. The summed E-state index contributed by atoms with van der Waals surface area (Å²) >= 11 is 0. The molecule has 2 aromatic heterocycles. The number of quaternary nitrogens is 1. The summed E-state index contributed by atoms with van der Waals surface area (Å²) in [6.45, 7) is 0.720. The van der Waals surface area contributed by atoms with E-state index in [1.807, 2.05) is 25.4 Å². The van der Waals surface area contributed by atoms with Gasteiger partial charge in [-0.3, -0.25) is 0 Å². The van der Waals surface area contributed by atoms with Crippen molar-refractivity contribution < 1.29 is 9.01 Å². The number of hydrogen-bond donors (Lipinski definition) is 0. The fourth-order valence-corrected chi connectivity index (χ4v) is 2.35. The van der Waals surface area contributed by atoms with Crippen LogP contribution in [0.4, 0.5) is 0 Å². The molecule has 0 bridgehead atoms. The summed E-state index contributed by atoms with van der Waals surface area (Å²) < 4.78 is 8.21. The van der Waals surface area contributed by atoms with E-state index in [1.165, 1.54) is 5.52 Å². The number of aromatic nitrogens is 3. The Hall–Kier alpha value is -2.14. The van der Waals surface area contributed by atoms with Crippen LogP contribution in [0.1, 0.15) is 5.89 Å². The highest BCUT2D eigenvalue weighted by Gasteiger charge is 2.18. The van der Waals surface area contributed by atoms with Gasteiger partial charge in [-0.15, -0.1) is 0 Å². The maximum absolute atomic E-state index is 5.37. The van der Waals surface area contributed by atoms with E-state index >= 15 is 0 Å². The fraction of sp³-hybridized carbons (Fsp3) is 0.333. The normalized spacial score (nSPS) is 12.2. The molecular weight excluding hydrogens is 252 g/mol. The smallest absolute Gasteiger partial charge is 0.282 e. The first kappa shape index (κ1) is 12.9. The molecule has 3 aromatic rings. The van der Waals surface area contributed by atoms with E-state index in [2.05, 4.69) is 48.0 Å². The lowest BCUT2D eigenvalue weighted by molar-refractivity contribution is -0.885. The predicted octanol–water partition coefficient (Wildman–Crippen LogP) is 2.43. The zero-order chi connectivity index (χ0) is 14.3. The minimum atomic E-state index is 0.658. The van der Waals surface area contributed by atoms with Gasteiger partial charge in [-0.25, -0.2) is 0 Å². The third-order valence-electron chi connectivity index (χ3n) is 3.22. The second kappa shape index (κ2) is 4.45. The van der Waals surface area contributed by atoms with E-state index in [0.29, 0.717) is 11.7 Å². The van der Waals surface area contributed by atoms with Crippen molar-refractivity contribution in [3.05, 3.63) is 36.4 Å². The van der Waals surface area contributed by atoms with Crippen molar-refractivity contribution in [1.29, 1.82) is 0 Å². The molecule has 3 rings (SSSR count). The molecule has 5 heteroatoms. The minimum Gasteiger partial charge on any atom is -0.350 e. The lowest BCUT2D eigenvalue weighted by Crippen LogP contribution is -2.33. The van der Waals surface area contributed by atoms with Gasteiger partial charge in [0.1, 0.15) is 0 Å². The molecule has 0 radical (unpaired) electrons. The summed E-state index contributed by atoms with van der Waals surface area (Å²) in [5, 5.41) is 5.27. The van der Waals surface area contributed by atoms with E-state index in [4.69, 9.17) is 4.52 Å². The van der Waals surface area contributed by atoms with Crippen molar-refractivity contribution in [2.45, 2.75) is 6.54 Å². The van der Waals surface area contributed by atoms with E-state index < -0.39 is 0 Å². The number of benzene rings is 1. The summed E-state index contributed by atoms with van der Waals surface area (Å²) in [7, 11) is 8.32. The highest BCUT2D eigenvalue weighted by molar-refractivity contribution is 5.94. The summed E-state index contributed by atoms with van der Waals surface area (Å²) in [5.41, 5.74) is 2.18. The maximum Gasteiger partial charge on any atom is 0.282 e. The second-order valence-electron chi connectivity index (χ2n) is 6.13. The molecule has 0 atom stereocenters. The van der Waals surface area contributed by atoms with Crippen molar-refractivity contribution in [3.8, 4) is 11.4 Å². The lowest BCUT2D eigenvalue weighted by atomic mass is 10.2. The number of aryl methyl sites for hydroxylation is 1. The molecular formula is C15H19N4O+. The third kappa shape index (κ3) is 2.32. The molecule has 0 aliphatic rings. The van der Waals surface area contributed by atoms with E-state index in [1.54, 1.807) is 0 Å². The quantitative estimate of drug-likeness (QED) is 0.687. The second-order valence-corrected chi connectivity index (χ2v) is 6.13. The Bertz CT molecular complexity index is 749. The van der Waals surface area contributed by atoms with Crippen LogP contribution in [0.2, 0.25) is 0 Å². The van der Waals surface area contributed by atoms with Gasteiger partial charge in [-0.2, -0.15) is 4.98 Å². The first-order valence-electron chi connectivity index (χ1n) is 6.61. The molecule has 0 fully saturated rings.